The van der Waals surface area contributed by atoms with Crippen LogP contribution in [0.3, 0.4) is 0 Å². The zero-order valence-corrected chi connectivity index (χ0v) is 9.48. The SMILES string of the molecule is NCc1occc1COCC1CCCCO1. The Labute approximate surface area is 95.7 Å². The normalized spacial score (nSPS) is 21.2. The maximum absolute atomic E-state index is 5.62. The average Bonchev–Trinajstić information content (AvgIpc) is 2.78. The Morgan fingerprint density at radius 2 is 2.38 bits per heavy atom. The molecule has 0 aromatic carbocycles. The molecule has 1 aromatic rings. The van der Waals surface area contributed by atoms with Gasteiger partial charge in [0, 0.05) is 12.2 Å². The molecule has 16 heavy (non-hydrogen) atoms. The van der Waals surface area contributed by atoms with Crippen LogP contribution in [-0.4, -0.2) is 19.3 Å². The first kappa shape index (κ1) is 11.6. The van der Waals surface area contributed by atoms with E-state index in [2.05, 4.69) is 0 Å². The van der Waals surface area contributed by atoms with E-state index in [4.69, 9.17) is 19.6 Å². The lowest BCUT2D eigenvalue weighted by atomic mass is 10.1. The Balaban J connectivity index is 1.71. The van der Waals surface area contributed by atoms with Crippen molar-refractivity contribution in [3.63, 3.8) is 0 Å². The highest BCUT2D eigenvalue weighted by atomic mass is 16.5. The number of hydrogen-bond donors (Lipinski definition) is 1. The van der Waals surface area contributed by atoms with Crippen molar-refractivity contribution in [1.82, 2.24) is 0 Å². The van der Waals surface area contributed by atoms with Crippen LogP contribution in [0.2, 0.25) is 0 Å². The molecule has 90 valence electrons. The first-order valence-corrected chi connectivity index (χ1v) is 5.85. The van der Waals surface area contributed by atoms with Crippen molar-refractivity contribution in [3.8, 4) is 0 Å². The molecule has 2 rings (SSSR count). The van der Waals surface area contributed by atoms with Crippen LogP contribution >= 0.6 is 0 Å². The van der Waals surface area contributed by atoms with Crippen LogP contribution in [0.1, 0.15) is 30.6 Å². The number of nitrogens with two attached hydrogens (primary N) is 1. The molecule has 0 aliphatic carbocycles. The van der Waals surface area contributed by atoms with E-state index in [9.17, 15) is 0 Å². The monoisotopic (exact) mass is 225 g/mol. The Morgan fingerprint density at radius 1 is 1.44 bits per heavy atom. The molecule has 0 amide bonds. The maximum Gasteiger partial charge on any atom is 0.122 e. The predicted molar refractivity (Wildman–Crippen MR) is 59.8 cm³/mol. The second kappa shape index (κ2) is 6.03. The molecule has 2 N–H and O–H groups in total. The van der Waals surface area contributed by atoms with Gasteiger partial charge in [0.1, 0.15) is 5.76 Å². The molecule has 0 bridgehead atoms. The Morgan fingerprint density at radius 3 is 3.12 bits per heavy atom. The van der Waals surface area contributed by atoms with E-state index in [0.717, 1.165) is 24.4 Å². The van der Waals surface area contributed by atoms with E-state index in [1.165, 1.54) is 12.8 Å². The van der Waals surface area contributed by atoms with Crippen LogP contribution in [0.5, 0.6) is 0 Å². The summed E-state index contributed by atoms with van der Waals surface area (Å²) >= 11 is 0. The number of hydrogen-bond acceptors (Lipinski definition) is 4. The fourth-order valence-corrected chi connectivity index (χ4v) is 1.91. The smallest absolute Gasteiger partial charge is 0.122 e. The number of ether oxygens (including phenoxy) is 2. The van der Waals surface area contributed by atoms with E-state index < -0.39 is 0 Å². The zero-order valence-electron chi connectivity index (χ0n) is 9.48. The number of rotatable bonds is 5. The van der Waals surface area contributed by atoms with Gasteiger partial charge >= 0.3 is 0 Å². The van der Waals surface area contributed by atoms with Gasteiger partial charge in [-0.1, -0.05) is 0 Å². The molecule has 2 heterocycles. The molecule has 1 aliphatic rings. The summed E-state index contributed by atoms with van der Waals surface area (Å²) in [6.07, 6.45) is 5.44. The molecule has 1 aliphatic heterocycles. The average molecular weight is 225 g/mol. The summed E-state index contributed by atoms with van der Waals surface area (Å²) in [5.74, 6) is 0.810. The highest BCUT2D eigenvalue weighted by Crippen LogP contribution is 2.15. The maximum atomic E-state index is 5.62. The summed E-state index contributed by atoms with van der Waals surface area (Å²) < 4.78 is 16.4. The summed E-state index contributed by atoms with van der Waals surface area (Å²) in [4.78, 5) is 0. The van der Waals surface area contributed by atoms with Gasteiger partial charge in [0.2, 0.25) is 0 Å². The Bertz CT molecular complexity index is 305. The van der Waals surface area contributed by atoms with Crippen LogP contribution in [0.25, 0.3) is 0 Å². The summed E-state index contributed by atoms with van der Waals surface area (Å²) in [6.45, 7) is 2.51. The third kappa shape index (κ3) is 3.07. The minimum Gasteiger partial charge on any atom is -0.468 e. The predicted octanol–water partition coefficient (Wildman–Crippen LogP) is 1.82. The fourth-order valence-electron chi connectivity index (χ4n) is 1.91. The third-order valence-corrected chi connectivity index (χ3v) is 2.86. The molecule has 4 nitrogen and oxygen atoms in total. The Hall–Kier alpha value is -0.840. The van der Waals surface area contributed by atoms with Gasteiger partial charge in [0.25, 0.3) is 0 Å². The van der Waals surface area contributed by atoms with Crippen LogP contribution < -0.4 is 5.73 Å². The standard InChI is InChI=1S/C12H19NO3/c13-7-12-10(4-6-16-12)8-14-9-11-3-1-2-5-15-11/h4,6,11H,1-3,5,7-9,13H2. The van der Waals surface area contributed by atoms with Gasteiger partial charge < -0.3 is 19.6 Å². The topological polar surface area (TPSA) is 57.6 Å². The summed E-state index contributed by atoms with van der Waals surface area (Å²) in [5.41, 5.74) is 6.58. The van der Waals surface area contributed by atoms with Crippen molar-refractivity contribution in [1.29, 1.82) is 0 Å². The molecule has 1 atom stereocenters. The van der Waals surface area contributed by atoms with Gasteiger partial charge in [-0.25, -0.2) is 0 Å². The second-order valence-electron chi connectivity index (χ2n) is 4.08. The van der Waals surface area contributed by atoms with Crippen LogP contribution in [0.4, 0.5) is 0 Å². The molecular formula is C12H19NO3. The van der Waals surface area contributed by atoms with Gasteiger partial charge in [-0.05, 0) is 25.3 Å². The van der Waals surface area contributed by atoms with Crippen molar-refractivity contribution in [2.75, 3.05) is 13.2 Å². The number of furan rings is 1. The van der Waals surface area contributed by atoms with Crippen LogP contribution in [-0.2, 0) is 22.6 Å². The van der Waals surface area contributed by atoms with E-state index in [1.807, 2.05) is 6.07 Å². The minimum atomic E-state index is 0.266. The van der Waals surface area contributed by atoms with E-state index in [1.54, 1.807) is 6.26 Å². The second-order valence-corrected chi connectivity index (χ2v) is 4.08. The lowest BCUT2D eigenvalue weighted by Gasteiger charge is -2.22. The van der Waals surface area contributed by atoms with Crippen molar-refractivity contribution in [2.45, 2.75) is 38.5 Å². The fraction of sp³-hybridized carbons (Fsp3) is 0.667. The van der Waals surface area contributed by atoms with Crippen molar-refractivity contribution in [2.24, 2.45) is 5.73 Å². The van der Waals surface area contributed by atoms with E-state index >= 15 is 0 Å². The minimum absolute atomic E-state index is 0.266. The molecule has 1 fully saturated rings. The van der Waals surface area contributed by atoms with Gasteiger partial charge in [0.15, 0.2) is 0 Å². The van der Waals surface area contributed by atoms with Crippen molar-refractivity contribution in [3.05, 3.63) is 23.7 Å². The van der Waals surface area contributed by atoms with E-state index in [-0.39, 0.29) is 6.10 Å². The summed E-state index contributed by atoms with van der Waals surface area (Å²) in [5, 5.41) is 0. The van der Waals surface area contributed by atoms with Crippen molar-refractivity contribution >= 4 is 0 Å². The van der Waals surface area contributed by atoms with Gasteiger partial charge in [0.05, 0.1) is 32.1 Å². The molecule has 4 heteroatoms. The van der Waals surface area contributed by atoms with Gasteiger partial charge in [-0.15, -0.1) is 0 Å². The first-order chi connectivity index (χ1) is 7.90. The molecule has 0 saturated carbocycles. The molecule has 0 radical (unpaired) electrons. The lowest BCUT2D eigenvalue weighted by Crippen LogP contribution is -2.24. The quantitative estimate of drug-likeness (QED) is 0.830. The highest BCUT2D eigenvalue weighted by molar-refractivity contribution is 5.15. The third-order valence-electron chi connectivity index (χ3n) is 2.86. The van der Waals surface area contributed by atoms with Crippen LogP contribution in [0, 0.1) is 0 Å². The lowest BCUT2D eigenvalue weighted by molar-refractivity contribution is -0.0449. The molecular weight excluding hydrogens is 206 g/mol. The molecule has 0 spiro atoms. The summed E-state index contributed by atoms with van der Waals surface area (Å²) in [7, 11) is 0. The molecule has 1 unspecified atom stereocenters. The molecule has 1 saturated heterocycles. The molecule has 1 aromatic heterocycles. The Kier molecular flexibility index (Phi) is 4.39. The van der Waals surface area contributed by atoms with Crippen LogP contribution in [0.15, 0.2) is 16.7 Å². The highest BCUT2D eigenvalue weighted by Gasteiger charge is 2.14. The van der Waals surface area contributed by atoms with E-state index in [0.29, 0.717) is 19.8 Å². The van der Waals surface area contributed by atoms with Gasteiger partial charge in [-0.3, -0.25) is 0 Å². The largest absolute Gasteiger partial charge is 0.468 e. The first-order valence-electron chi connectivity index (χ1n) is 5.85. The van der Waals surface area contributed by atoms with Crippen molar-refractivity contribution < 1.29 is 13.9 Å². The summed E-state index contributed by atoms with van der Waals surface area (Å²) in [6, 6.07) is 1.91. The zero-order chi connectivity index (χ0) is 11.2. The van der Waals surface area contributed by atoms with Gasteiger partial charge in [-0.2, -0.15) is 0 Å².